The summed E-state index contributed by atoms with van der Waals surface area (Å²) < 4.78 is 52.0. The molecule has 4 nitrogen and oxygen atoms in total. The summed E-state index contributed by atoms with van der Waals surface area (Å²) in [5.41, 5.74) is -1.44. The Labute approximate surface area is 137 Å². The Kier molecular flexibility index (Phi) is 4.88. The van der Waals surface area contributed by atoms with Crippen LogP contribution in [0, 0.1) is 5.82 Å². The fourth-order valence-electron chi connectivity index (χ4n) is 1.81. The maximum Gasteiger partial charge on any atom is 0.416 e. The van der Waals surface area contributed by atoms with Crippen LogP contribution in [0.3, 0.4) is 0 Å². The van der Waals surface area contributed by atoms with Gasteiger partial charge in [0, 0.05) is 23.3 Å². The predicted octanol–water partition coefficient (Wildman–Crippen LogP) is 4.30. The molecule has 0 saturated carbocycles. The minimum absolute atomic E-state index is 0.240. The highest BCUT2D eigenvalue weighted by Crippen LogP contribution is 2.31. The quantitative estimate of drug-likeness (QED) is 0.767. The van der Waals surface area contributed by atoms with Gasteiger partial charge in [0.25, 0.3) is 5.91 Å². The molecule has 2 rings (SSSR count). The molecule has 0 unspecified atom stereocenters. The van der Waals surface area contributed by atoms with Crippen LogP contribution in [0.5, 0.6) is 0 Å². The summed E-state index contributed by atoms with van der Waals surface area (Å²) in [7, 11) is 1.57. The molecule has 9 heteroatoms. The number of nitrogens with one attached hydrogen (secondary N) is 2. The molecule has 1 amide bonds. The summed E-state index contributed by atoms with van der Waals surface area (Å²) in [5.74, 6) is -1.72. The summed E-state index contributed by atoms with van der Waals surface area (Å²) in [4.78, 5) is 16.1. The van der Waals surface area contributed by atoms with Crippen molar-refractivity contribution in [1.82, 2.24) is 4.98 Å². The lowest BCUT2D eigenvalue weighted by Gasteiger charge is -2.12. The number of carbonyl (C=O) groups excluding carboxylic acids is 1. The molecule has 0 aliphatic carbocycles. The number of halogens is 5. The molecule has 0 saturated heterocycles. The second-order valence-corrected chi connectivity index (χ2v) is 5.40. The molecular weight excluding hydrogens is 382 g/mol. The van der Waals surface area contributed by atoms with Crippen LogP contribution in [0.25, 0.3) is 0 Å². The number of rotatable bonds is 3. The zero-order valence-corrected chi connectivity index (χ0v) is 13.2. The standard InChI is InChI=1S/C14H10BrF4N3O/c1-20-12-11(5-9(15)6-21-12)22-13(23)7-2-8(14(17,18)19)4-10(16)3-7/h2-6H,1H3,(H,20,21)(H,22,23). The Balaban J connectivity index is 2.35. The van der Waals surface area contributed by atoms with Crippen LogP contribution in [-0.2, 0) is 6.18 Å². The summed E-state index contributed by atoms with van der Waals surface area (Å²) in [6.45, 7) is 0. The highest BCUT2D eigenvalue weighted by atomic mass is 79.9. The van der Waals surface area contributed by atoms with Crippen molar-refractivity contribution < 1.29 is 22.4 Å². The Bertz CT molecular complexity index is 749. The third-order valence-electron chi connectivity index (χ3n) is 2.83. The zero-order valence-electron chi connectivity index (χ0n) is 11.6. The molecule has 122 valence electrons. The van der Waals surface area contributed by atoms with Gasteiger partial charge in [-0.3, -0.25) is 4.79 Å². The topological polar surface area (TPSA) is 54.0 Å². The van der Waals surface area contributed by atoms with Gasteiger partial charge < -0.3 is 10.6 Å². The van der Waals surface area contributed by atoms with Gasteiger partial charge in [0.1, 0.15) is 11.6 Å². The van der Waals surface area contributed by atoms with E-state index in [-0.39, 0.29) is 5.69 Å². The van der Waals surface area contributed by atoms with Gasteiger partial charge in [0.15, 0.2) is 0 Å². The fraction of sp³-hybridized carbons (Fsp3) is 0.143. The number of nitrogens with zero attached hydrogens (tertiary/aromatic N) is 1. The van der Waals surface area contributed by atoms with Crippen molar-refractivity contribution in [1.29, 1.82) is 0 Å². The second kappa shape index (κ2) is 6.53. The van der Waals surface area contributed by atoms with E-state index in [2.05, 4.69) is 31.5 Å². The molecule has 0 atom stereocenters. The third kappa shape index (κ3) is 4.19. The van der Waals surface area contributed by atoms with Crippen LogP contribution >= 0.6 is 15.9 Å². The summed E-state index contributed by atoms with van der Waals surface area (Å²) >= 11 is 3.17. The summed E-state index contributed by atoms with van der Waals surface area (Å²) in [5, 5.41) is 5.12. The Morgan fingerprint density at radius 1 is 1.22 bits per heavy atom. The van der Waals surface area contributed by atoms with E-state index in [0.29, 0.717) is 22.4 Å². The lowest BCUT2D eigenvalue weighted by Crippen LogP contribution is -2.16. The number of aromatic nitrogens is 1. The van der Waals surface area contributed by atoms with Gasteiger partial charge in [-0.2, -0.15) is 13.2 Å². The number of anilines is 2. The van der Waals surface area contributed by atoms with E-state index in [1.807, 2.05) is 0 Å². The van der Waals surface area contributed by atoms with Crippen LogP contribution in [0.2, 0.25) is 0 Å². The number of hydrogen-bond donors (Lipinski definition) is 2. The van der Waals surface area contributed by atoms with Crippen molar-refractivity contribution in [3.8, 4) is 0 Å². The van der Waals surface area contributed by atoms with Gasteiger partial charge in [-0.15, -0.1) is 0 Å². The first-order valence-electron chi connectivity index (χ1n) is 6.23. The molecule has 2 N–H and O–H groups in total. The zero-order chi connectivity index (χ0) is 17.2. The van der Waals surface area contributed by atoms with Crippen LogP contribution in [0.1, 0.15) is 15.9 Å². The molecule has 0 spiro atoms. The molecule has 0 radical (unpaired) electrons. The molecule has 0 fully saturated rings. The van der Waals surface area contributed by atoms with Crippen molar-refractivity contribution in [3.05, 3.63) is 51.9 Å². The van der Waals surface area contributed by atoms with Crippen molar-refractivity contribution in [2.24, 2.45) is 0 Å². The Morgan fingerprint density at radius 2 is 1.91 bits per heavy atom. The minimum Gasteiger partial charge on any atom is -0.371 e. The van der Waals surface area contributed by atoms with Gasteiger partial charge in [0.05, 0.1) is 11.3 Å². The van der Waals surface area contributed by atoms with Gasteiger partial charge in [-0.1, -0.05) is 0 Å². The van der Waals surface area contributed by atoms with Crippen LogP contribution in [0.4, 0.5) is 29.1 Å². The Hall–Kier alpha value is -2.16. The van der Waals surface area contributed by atoms with Crippen molar-refractivity contribution in [2.45, 2.75) is 6.18 Å². The maximum absolute atomic E-state index is 13.4. The molecule has 1 heterocycles. The van der Waals surface area contributed by atoms with E-state index < -0.39 is 29.0 Å². The average Bonchev–Trinajstić information content (AvgIpc) is 2.46. The molecule has 0 bridgehead atoms. The second-order valence-electron chi connectivity index (χ2n) is 4.48. The number of hydrogen-bond acceptors (Lipinski definition) is 3. The molecule has 23 heavy (non-hydrogen) atoms. The number of carbonyl (C=O) groups is 1. The number of benzene rings is 1. The molecule has 2 aromatic rings. The predicted molar refractivity (Wildman–Crippen MR) is 80.8 cm³/mol. The molecule has 0 aliphatic heterocycles. The molecule has 1 aromatic carbocycles. The van der Waals surface area contributed by atoms with E-state index in [0.717, 1.165) is 6.07 Å². The van der Waals surface area contributed by atoms with Gasteiger partial charge in [0.2, 0.25) is 0 Å². The van der Waals surface area contributed by atoms with Crippen LogP contribution in [-0.4, -0.2) is 17.9 Å². The Morgan fingerprint density at radius 3 is 2.52 bits per heavy atom. The summed E-state index contributed by atoms with van der Waals surface area (Å²) in [6, 6.07) is 3.16. The SMILES string of the molecule is CNc1ncc(Br)cc1NC(=O)c1cc(F)cc(C(F)(F)F)c1. The monoisotopic (exact) mass is 391 g/mol. The van der Waals surface area contributed by atoms with E-state index in [1.165, 1.54) is 12.3 Å². The first-order chi connectivity index (χ1) is 10.7. The van der Waals surface area contributed by atoms with Gasteiger partial charge >= 0.3 is 6.18 Å². The van der Waals surface area contributed by atoms with E-state index in [4.69, 9.17) is 0 Å². The maximum atomic E-state index is 13.4. The molecular formula is C14H10BrF4N3O. The number of pyridine rings is 1. The van der Waals surface area contributed by atoms with Crippen molar-refractivity contribution >= 4 is 33.3 Å². The first-order valence-corrected chi connectivity index (χ1v) is 7.02. The van der Waals surface area contributed by atoms with Gasteiger partial charge in [-0.05, 0) is 40.2 Å². The van der Waals surface area contributed by atoms with E-state index in [1.54, 1.807) is 7.05 Å². The highest BCUT2D eigenvalue weighted by molar-refractivity contribution is 9.10. The highest BCUT2D eigenvalue weighted by Gasteiger charge is 2.32. The normalized spacial score (nSPS) is 11.2. The van der Waals surface area contributed by atoms with Crippen LogP contribution < -0.4 is 10.6 Å². The van der Waals surface area contributed by atoms with E-state index >= 15 is 0 Å². The summed E-state index contributed by atoms with van der Waals surface area (Å²) in [6.07, 6.45) is -3.27. The van der Waals surface area contributed by atoms with Crippen LogP contribution in [0.15, 0.2) is 34.9 Å². The van der Waals surface area contributed by atoms with Crippen molar-refractivity contribution in [2.75, 3.05) is 17.7 Å². The average molecular weight is 392 g/mol. The molecule has 0 aliphatic rings. The lowest BCUT2D eigenvalue weighted by molar-refractivity contribution is -0.137. The lowest BCUT2D eigenvalue weighted by atomic mass is 10.1. The van der Waals surface area contributed by atoms with E-state index in [9.17, 15) is 22.4 Å². The minimum atomic E-state index is -4.75. The third-order valence-corrected chi connectivity index (χ3v) is 3.26. The van der Waals surface area contributed by atoms with Crippen molar-refractivity contribution in [3.63, 3.8) is 0 Å². The fourth-order valence-corrected chi connectivity index (χ4v) is 2.14. The number of alkyl halides is 3. The first kappa shape index (κ1) is 17.2. The molecule has 1 aromatic heterocycles. The largest absolute Gasteiger partial charge is 0.416 e. The van der Waals surface area contributed by atoms with Gasteiger partial charge in [-0.25, -0.2) is 9.37 Å². The smallest absolute Gasteiger partial charge is 0.371 e. The number of amides is 1.